The van der Waals surface area contributed by atoms with E-state index < -0.39 is 0 Å². The maximum absolute atomic E-state index is 12.3. The zero-order valence-corrected chi connectivity index (χ0v) is 12.8. The van der Waals surface area contributed by atoms with Crippen LogP contribution >= 0.6 is 11.8 Å². The normalized spacial score (nSPS) is 11.0. The van der Waals surface area contributed by atoms with Gasteiger partial charge in [-0.05, 0) is 42.9 Å². The highest BCUT2D eigenvalue weighted by Crippen LogP contribution is 2.26. The molecule has 3 aromatic rings. The largest absolute Gasteiger partial charge is 0.403 e. The smallest absolute Gasteiger partial charge is 0.345 e. The van der Waals surface area contributed by atoms with Gasteiger partial charge in [0.2, 0.25) is 5.71 Å². The molecule has 2 aromatic heterocycles. The van der Waals surface area contributed by atoms with Crippen LogP contribution in [-0.4, -0.2) is 16.2 Å². The van der Waals surface area contributed by atoms with Gasteiger partial charge in [-0.2, -0.15) is 4.98 Å². The van der Waals surface area contributed by atoms with E-state index in [2.05, 4.69) is 9.97 Å². The highest BCUT2D eigenvalue weighted by molar-refractivity contribution is 7.98. The average molecular weight is 298 g/mol. The summed E-state index contributed by atoms with van der Waals surface area (Å²) in [6, 6.07) is 7.75. The predicted molar refractivity (Wildman–Crippen MR) is 84.8 cm³/mol. The van der Waals surface area contributed by atoms with Crippen molar-refractivity contribution in [1.29, 1.82) is 0 Å². The third-order valence-corrected chi connectivity index (χ3v) is 3.96. The second-order valence-electron chi connectivity index (χ2n) is 4.83. The lowest BCUT2D eigenvalue weighted by molar-refractivity contribution is 0.546. The molecule has 0 N–H and O–H groups in total. The molecule has 0 saturated carbocycles. The molecule has 0 unspecified atom stereocenters. The van der Waals surface area contributed by atoms with Gasteiger partial charge < -0.3 is 4.42 Å². The van der Waals surface area contributed by atoms with Crippen molar-refractivity contribution in [2.45, 2.75) is 19.0 Å². The fourth-order valence-electron chi connectivity index (χ4n) is 2.41. The van der Waals surface area contributed by atoms with Gasteiger partial charge in [-0.15, -0.1) is 0 Å². The van der Waals surface area contributed by atoms with Crippen LogP contribution < -0.4 is 5.63 Å². The van der Waals surface area contributed by atoms with E-state index in [1.54, 1.807) is 12.3 Å². The number of benzene rings is 1. The van der Waals surface area contributed by atoms with Crippen LogP contribution in [0.25, 0.3) is 22.2 Å². The number of rotatable bonds is 2. The quantitative estimate of drug-likeness (QED) is 0.534. The summed E-state index contributed by atoms with van der Waals surface area (Å²) in [4.78, 5) is 20.7. The lowest BCUT2D eigenvalue weighted by Crippen LogP contribution is -2.06. The van der Waals surface area contributed by atoms with E-state index in [4.69, 9.17) is 4.42 Å². The molecule has 1 aromatic carbocycles. The maximum atomic E-state index is 12.3. The number of hydrogen-bond acceptors (Lipinski definition) is 5. The molecule has 2 heterocycles. The molecule has 0 amide bonds. The lowest BCUT2D eigenvalue weighted by Gasteiger charge is -2.09. The van der Waals surface area contributed by atoms with Crippen molar-refractivity contribution in [1.82, 2.24) is 9.97 Å². The molecule has 0 saturated heterocycles. The van der Waals surface area contributed by atoms with Gasteiger partial charge in [-0.25, -0.2) is 9.78 Å². The summed E-state index contributed by atoms with van der Waals surface area (Å²) >= 11 is 1.41. The second kappa shape index (κ2) is 5.33. The van der Waals surface area contributed by atoms with E-state index in [9.17, 15) is 4.79 Å². The van der Waals surface area contributed by atoms with Crippen LogP contribution in [0.1, 0.15) is 11.1 Å². The van der Waals surface area contributed by atoms with Crippen molar-refractivity contribution in [2.75, 3.05) is 6.26 Å². The van der Waals surface area contributed by atoms with Crippen LogP contribution in [0.5, 0.6) is 0 Å². The molecule has 5 heteroatoms. The maximum Gasteiger partial charge on any atom is 0.345 e. The molecule has 0 spiro atoms. The molecule has 0 bridgehead atoms. The minimum Gasteiger partial charge on any atom is -0.403 e. The van der Waals surface area contributed by atoms with Crippen LogP contribution in [-0.2, 0) is 0 Å². The summed E-state index contributed by atoms with van der Waals surface area (Å²) in [6.07, 6.45) is 3.57. The van der Waals surface area contributed by atoms with E-state index in [1.165, 1.54) is 11.8 Å². The Hall–Kier alpha value is -2.14. The highest BCUT2D eigenvalue weighted by Gasteiger charge is 2.13. The summed E-state index contributed by atoms with van der Waals surface area (Å²) in [5.41, 5.74) is 3.52. The Bertz CT molecular complexity index is 867. The Morgan fingerprint density at radius 3 is 2.57 bits per heavy atom. The zero-order valence-electron chi connectivity index (χ0n) is 12.0. The first-order valence-corrected chi connectivity index (χ1v) is 7.74. The second-order valence-corrected chi connectivity index (χ2v) is 5.60. The van der Waals surface area contributed by atoms with Gasteiger partial charge in [-0.1, -0.05) is 30.0 Å². The molecular formula is C16H14N2O2S. The molecule has 0 radical (unpaired) electrons. The molecule has 0 fully saturated rings. The van der Waals surface area contributed by atoms with Crippen molar-refractivity contribution in [3.63, 3.8) is 0 Å². The van der Waals surface area contributed by atoms with Crippen LogP contribution in [0.15, 0.2) is 44.8 Å². The number of nitrogens with zero attached hydrogens (tertiary/aromatic N) is 2. The Balaban J connectivity index is 2.29. The number of aromatic nitrogens is 2. The molecule has 0 aliphatic carbocycles. The van der Waals surface area contributed by atoms with Crippen LogP contribution in [0.4, 0.5) is 0 Å². The van der Waals surface area contributed by atoms with E-state index in [-0.39, 0.29) is 5.63 Å². The number of thioether (sulfide) groups is 1. The third kappa shape index (κ3) is 2.45. The Labute approximate surface area is 126 Å². The fourth-order valence-corrected chi connectivity index (χ4v) is 2.74. The number of fused-ring (bicyclic) bond motifs is 1. The minimum atomic E-state index is -0.370. The zero-order chi connectivity index (χ0) is 15.0. The van der Waals surface area contributed by atoms with Gasteiger partial charge in [0.25, 0.3) is 0 Å². The van der Waals surface area contributed by atoms with Crippen LogP contribution in [0.3, 0.4) is 0 Å². The summed E-state index contributed by atoms with van der Waals surface area (Å²) in [7, 11) is 0. The Morgan fingerprint density at radius 1 is 1.19 bits per heavy atom. The first-order chi connectivity index (χ1) is 10.1. The van der Waals surface area contributed by atoms with Gasteiger partial charge in [-0.3, -0.25) is 0 Å². The average Bonchev–Trinajstić information content (AvgIpc) is 2.47. The molecule has 0 atom stereocenters. The Kier molecular flexibility index (Phi) is 3.51. The minimum absolute atomic E-state index is 0.328. The van der Waals surface area contributed by atoms with Crippen molar-refractivity contribution in [2.24, 2.45) is 0 Å². The third-order valence-electron chi connectivity index (χ3n) is 3.40. The molecule has 3 rings (SSSR count). The van der Waals surface area contributed by atoms with E-state index in [0.29, 0.717) is 16.4 Å². The van der Waals surface area contributed by atoms with E-state index >= 15 is 0 Å². The molecule has 21 heavy (non-hydrogen) atoms. The van der Waals surface area contributed by atoms with E-state index in [1.807, 2.05) is 38.3 Å². The van der Waals surface area contributed by atoms with Gasteiger partial charge in [0, 0.05) is 6.20 Å². The van der Waals surface area contributed by atoms with Crippen molar-refractivity contribution in [3.8, 4) is 11.1 Å². The summed E-state index contributed by atoms with van der Waals surface area (Å²) in [6.45, 7) is 3.97. The molecule has 0 aliphatic heterocycles. The Morgan fingerprint density at radius 2 is 1.90 bits per heavy atom. The standard InChI is InChI=1S/C16H14N2O2S/c1-9-5-4-6-10(2)13(9)12-7-11-8-17-16(21-3)18-14(11)20-15(12)19/h4-8H,1-3H3. The van der Waals surface area contributed by atoms with Crippen LogP contribution in [0.2, 0.25) is 0 Å². The number of hydrogen-bond donors (Lipinski definition) is 0. The topological polar surface area (TPSA) is 56.0 Å². The number of aryl methyl sites for hydroxylation is 2. The first-order valence-electron chi connectivity index (χ1n) is 6.51. The predicted octanol–water partition coefficient (Wildman–Crippen LogP) is 3.59. The summed E-state index contributed by atoms with van der Waals surface area (Å²) in [5, 5.41) is 1.32. The van der Waals surface area contributed by atoms with Crippen molar-refractivity contribution >= 4 is 22.9 Å². The summed E-state index contributed by atoms with van der Waals surface area (Å²) in [5.74, 6) is 0. The highest BCUT2D eigenvalue weighted by atomic mass is 32.2. The lowest BCUT2D eigenvalue weighted by atomic mass is 9.97. The molecule has 106 valence electrons. The van der Waals surface area contributed by atoms with Crippen LogP contribution in [0, 0.1) is 13.8 Å². The monoisotopic (exact) mass is 298 g/mol. The molecule has 0 aliphatic rings. The molecule has 4 nitrogen and oxygen atoms in total. The SMILES string of the molecule is CSc1ncc2cc(-c3c(C)cccc3C)c(=O)oc2n1. The molecular weight excluding hydrogens is 284 g/mol. The first kappa shape index (κ1) is 13.8. The van der Waals surface area contributed by atoms with E-state index in [0.717, 1.165) is 22.1 Å². The summed E-state index contributed by atoms with van der Waals surface area (Å²) < 4.78 is 5.38. The van der Waals surface area contributed by atoms with Gasteiger partial charge in [0.1, 0.15) is 0 Å². The fraction of sp³-hybridized carbons (Fsp3) is 0.188. The van der Waals surface area contributed by atoms with Gasteiger partial charge in [0.05, 0.1) is 10.9 Å². The van der Waals surface area contributed by atoms with Crippen molar-refractivity contribution < 1.29 is 4.42 Å². The van der Waals surface area contributed by atoms with Crippen molar-refractivity contribution in [3.05, 3.63) is 52.0 Å². The van der Waals surface area contributed by atoms with Gasteiger partial charge >= 0.3 is 5.63 Å². The van der Waals surface area contributed by atoms with Gasteiger partial charge in [0.15, 0.2) is 5.16 Å².